The van der Waals surface area contributed by atoms with E-state index in [1.165, 1.54) is 0 Å². The molecule has 0 saturated carbocycles. The number of rotatable bonds is 7. The van der Waals surface area contributed by atoms with Gasteiger partial charge in [-0.15, -0.1) is 0 Å². The molecule has 0 aliphatic heterocycles. The molecule has 0 atom stereocenters. The highest BCUT2D eigenvalue weighted by molar-refractivity contribution is 7.80. The Bertz CT molecular complexity index is 166. The lowest BCUT2D eigenvalue weighted by molar-refractivity contribution is -0.118. The normalized spacial score (nSPS) is 10.3. The van der Waals surface area contributed by atoms with Gasteiger partial charge in [-0.3, -0.25) is 4.79 Å². The van der Waals surface area contributed by atoms with Gasteiger partial charge in [0.25, 0.3) is 0 Å². The predicted molar refractivity (Wildman–Crippen MR) is 57.3 cm³/mol. The van der Waals surface area contributed by atoms with E-state index in [4.69, 9.17) is 23.7 Å². The summed E-state index contributed by atoms with van der Waals surface area (Å²) in [4.78, 5) is 13.1. The van der Waals surface area contributed by atoms with Gasteiger partial charge in [0, 0.05) is 25.9 Å². The Labute approximate surface area is 84.3 Å². The largest absolute Gasteiger partial charge is 0.393 e. The molecular weight excluding hydrogens is 186 g/mol. The maximum atomic E-state index is 10.5. The van der Waals surface area contributed by atoms with E-state index < -0.39 is 0 Å². The molecule has 0 aromatic rings. The second-order valence-electron chi connectivity index (χ2n) is 2.87. The van der Waals surface area contributed by atoms with Crippen LogP contribution in [0.5, 0.6) is 0 Å². The topological polar surface area (TPSA) is 72.3 Å². The second kappa shape index (κ2) is 6.80. The average molecular weight is 203 g/mol. The van der Waals surface area contributed by atoms with E-state index in [1.807, 2.05) is 6.92 Å². The number of hydrogen-bond acceptors (Lipinski definition) is 3. The third kappa shape index (κ3) is 7.67. The van der Waals surface area contributed by atoms with Crippen molar-refractivity contribution in [3.63, 3.8) is 0 Å². The summed E-state index contributed by atoms with van der Waals surface area (Å²) < 4.78 is 0. The molecule has 0 fully saturated rings. The molecule has 0 heterocycles. The fourth-order valence-electron chi connectivity index (χ4n) is 0.965. The highest BCUT2D eigenvalue weighted by atomic mass is 32.1. The summed E-state index contributed by atoms with van der Waals surface area (Å²) in [7, 11) is 0. The van der Waals surface area contributed by atoms with Crippen molar-refractivity contribution in [1.82, 2.24) is 4.90 Å². The van der Waals surface area contributed by atoms with Gasteiger partial charge in [0.1, 0.15) is 0 Å². The summed E-state index contributed by atoms with van der Waals surface area (Å²) in [5.74, 6) is -0.270. The zero-order valence-electron chi connectivity index (χ0n) is 7.95. The second-order valence-corrected chi connectivity index (χ2v) is 3.39. The first-order valence-corrected chi connectivity index (χ1v) is 4.76. The van der Waals surface area contributed by atoms with Crippen LogP contribution in [0.3, 0.4) is 0 Å². The van der Waals surface area contributed by atoms with Gasteiger partial charge in [-0.1, -0.05) is 19.1 Å². The van der Waals surface area contributed by atoms with Crippen LogP contribution in [0.1, 0.15) is 19.8 Å². The highest BCUT2D eigenvalue weighted by Crippen LogP contribution is 1.93. The Morgan fingerprint density at radius 2 is 1.85 bits per heavy atom. The molecule has 4 N–H and O–H groups in total. The summed E-state index contributed by atoms with van der Waals surface area (Å²) in [6, 6.07) is 0. The average Bonchev–Trinajstić information content (AvgIpc) is 2.04. The van der Waals surface area contributed by atoms with Gasteiger partial charge in [0.15, 0.2) is 0 Å². The van der Waals surface area contributed by atoms with E-state index >= 15 is 0 Å². The first kappa shape index (κ1) is 12.3. The van der Waals surface area contributed by atoms with Crippen LogP contribution in [0, 0.1) is 0 Å². The molecule has 0 aliphatic rings. The van der Waals surface area contributed by atoms with Crippen LogP contribution in [0.4, 0.5) is 0 Å². The first-order chi connectivity index (χ1) is 6.06. The smallest absolute Gasteiger partial charge is 0.218 e. The van der Waals surface area contributed by atoms with Crippen LogP contribution in [-0.4, -0.2) is 35.4 Å². The number of nitrogens with zero attached hydrogens (tertiary/aromatic N) is 1. The Morgan fingerprint density at radius 3 is 2.23 bits per heavy atom. The quantitative estimate of drug-likeness (QED) is 0.565. The molecule has 0 saturated heterocycles. The Balaban J connectivity index is 3.63. The van der Waals surface area contributed by atoms with Crippen LogP contribution in [0.25, 0.3) is 0 Å². The van der Waals surface area contributed by atoms with Crippen LogP contribution in [0.15, 0.2) is 0 Å². The fraction of sp³-hybridized carbons (Fsp3) is 0.750. The molecule has 0 aromatic carbocycles. The van der Waals surface area contributed by atoms with Gasteiger partial charge in [-0.25, -0.2) is 0 Å². The number of hydrogen-bond donors (Lipinski definition) is 2. The summed E-state index contributed by atoms with van der Waals surface area (Å²) >= 11 is 4.76. The summed E-state index contributed by atoms with van der Waals surface area (Å²) in [5, 5.41) is 0. The minimum Gasteiger partial charge on any atom is -0.393 e. The van der Waals surface area contributed by atoms with Gasteiger partial charge in [0.05, 0.1) is 4.99 Å². The van der Waals surface area contributed by atoms with Crippen LogP contribution in [0.2, 0.25) is 0 Å². The maximum absolute atomic E-state index is 10.5. The summed E-state index contributed by atoms with van der Waals surface area (Å²) in [5.41, 5.74) is 10.4. The molecule has 0 unspecified atom stereocenters. The lowest BCUT2D eigenvalue weighted by atomic mass is 10.3. The SMILES string of the molecule is CCN(CCC(N)=O)CCC(N)=S. The molecule has 0 aliphatic carbocycles. The van der Waals surface area contributed by atoms with Crippen molar-refractivity contribution in [2.24, 2.45) is 11.5 Å². The Hall–Kier alpha value is -0.680. The van der Waals surface area contributed by atoms with Crippen molar-refractivity contribution in [3.8, 4) is 0 Å². The lowest BCUT2D eigenvalue weighted by Crippen LogP contribution is -2.30. The molecule has 0 spiro atoms. The van der Waals surface area contributed by atoms with E-state index in [-0.39, 0.29) is 5.91 Å². The van der Waals surface area contributed by atoms with Crippen molar-refractivity contribution in [2.45, 2.75) is 19.8 Å². The van der Waals surface area contributed by atoms with Crippen LogP contribution < -0.4 is 11.5 Å². The monoisotopic (exact) mass is 203 g/mol. The Morgan fingerprint density at radius 1 is 1.31 bits per heavy atom. The molecule has 0 rings (SSSR count). The molecule has 76 valence electrons. The number of amides is 1. The maximum Gasteiger partial charge on any atom is 0.218 e. The fourth-order valence-corrected chi connectivity index (χ4v) is 1.06. The summed E-state index contributed by atoms with van der Waals surface area (Å²) in [6.07, 6.45) is 1.09. The number of carbonyl (C=O) groups is 1. The van der Waals surface area contributed by atoms with Crippen molar-refractivity contribution in [2.75, 3.05) is 19.6 Å². The molecule has 0 bridgehead atoms. The molecule has 13 heavy (non-hydrogen) atoms. The van der Waals surface area contributed by atoms with E-state index in [0.717, 1.165) is 13.1 Å². The first-order valence-electron chi connectivity index (χ1n) is 4.35. The van der Waals surface area contributed by atoms with Crippen molar-refractivity contribution in [3.05, 3.63) is 0 Å². The molecule has 4 nitrogen and oxygen atoms in total. The number of thiocarbonyl (C=S) groups is 1. The molecule has 1 amide bonds. The van der Waals surface area contributed by atoms with Crippen molar-refractivity contribution >= 4 is 23.1 Å². The third-order valence-electron chi connectivity index (χ3n) is 1.80. The highest BCUT2D eigenvalue weighted by Gasteiger charge is 2.04. The standard InChI is InChI=1S/C8H17N3OS/c1-2-11(5-3-7(9)12)6-4-8(10)13/h2-6H2,1H3,(H2,9,12)(H2,10,13). The summed E-state index contributed by atoms with van der Waals surface area (Å²) in [6.45, 7) is 4.41. The third-order valence-corrected chi connectivity index (χ3v) is 2.00. The van der Waals surface area contributed by atoms with E-state index in [1.54, 1.807) is 0 Å². The van der Waals surface area contributed by atoms with Gasteiger partial charge >= 0.3 is 0 Å². The predicted octanol–water partition coefficient (Wildman–Crippen LogP) is -0.140. The van der Waals surface area contributed by atoms with Gasteiger partial charge in [-0.2, -0.15) is 0 Å². The van der Waals surface area contributed by atoms with E-state index in [2.05, 4.69) is 4.90 Å². The minimum absolute atomic E-state index is 0.270. The number of primary amides is 1. The van der Waals surface area contributed by atoms with Gasteiger partial charge in [0.2, 0.25) is 5.91 Å². The minimum atomic E-state index is -0.270. The van der Waals surface area contributed by atoms with Crippen molar-refractivity contribution < 1.29 is 4.79 Å². The molecular formula is C8H17N3OS. The van der Waals surface area contributed by atoms with Crippen LogP contribution >= 0.6 is 12.2 Å². The zero-order chi connectivity index (χ0) is 10.3. The zero-order valence-corrected chi connectivity index (χ0v) is 8.77. The van der Waals surface area contributed by atoms with Gasteiger partial charge < -0.3 is 16.4 Å². The molecule has 0 radical (unpaired) electrons. The van der Waals surface area contributed by atoms with Gasteiger partial charge in [-0.05, 0) is 6.54 Å². The van der Waals surface area contributed by atoms with Crippen LogP contribution in [-0.2, 0) is 4.79 Å². The van der Waals surface area contributed by atoms with E-state index in [0.29, 0.717) is 24.4 Å². The lowest BCUT2D eigenvalue weighted by Gasteiger charge is -2.18. The Kier molecular flexibility index (Phi) is 6.44. The molecule has 5 heteroatoms. The molecule has 0 aromatic heterocycles. The number of carbonyl (C=O) groups excluding carboxylic acids is 1. The van der Waals surface area contributed by atoms with Crippen molar-refractivity contribution in [1.29, 1.82) is 0 Å². The van der Waals surface area contributed by atoms with E-state index in [9.17, 15) is 4.79 Å². The number of nitrogens with two attached hydrogens (primary N) is 2.